The molecule has 174 valence electrons. The number of hydrogen-bond donors (Lipinski definition) is 1. The molecule has 0 radical (unpaired) electrons. The average Bonchev–Trinajstić information content (AvgIpc) is 2.81. The van der Waals surface area contributed by atoms with Gasteiger partial charge in [0.25, 0.3) is 5.91 Å². The normalized spacial score (nSPS) is 15.3. The van der Waals surface area contributed by atoms with Crippen LogP contribution in [0.25, 0.3) is 0 Å². The van der Waals surface area contributed by atoms with Gasteiger partial charge in [-0.25, -0.2) is 8.42 Å². The highest BCUT2D eigenvalue weighted by molar-refractivity contribution is 7.89. The summed E-state index contributed by atoms with van der Waals surface area (Å²) in [5.74, 6) is -0.246. The first-order valence-electron chi connectivity index (χ1n) is 11.6. The number of hydrogen-bond acceptors (Lipinski definition) is 4. The third-order valence-corrected chi connectivity index (χ3v) is 8.41. The zero-order chi connectivity index (χ0) is 23.1. The Morgan fingerprint density at radius 1 is 0.969 bits per heavy atom. The molecule has 1 aliphatic carbocycles. The third-order valence-electron chi connectivity index (χ3n) is 6.34. The van der Waals surface area contributed by atoms with Gasteiger partial charge >= 0.3 is 0 Å². The Morgan fingerprint density at radius 3 is 2.22 bits per heavy atom. The Hall–Kier alpha value is -2.22. The van der Waals surface area contributed by atoms with Crippen molar-refractivity contribution in [2.75, 3.05) is 25.5 Å². The smallest absolute Gasteiger partial charge is 0.255 e. The molecule has 0 bridgehead atoms. The lowest BCUT2D eigenvalue weighted by molar-refractivity contribution is 0.102. The fraction of sp³-hybridized carbons (Fsp3) is 0.480. The van der Waals surface area contributed by atoms with E-state index in [1.165, 1.54) is 48.5 Å². The van der Waals surface area contributed by atoms with Crippen LogP contribution in [0.1, 0.15) is 61.9 Å². The van der Waals surface area contributed by atoms with Crippen LogP contribution in [0.4, 0.5) is 5.69 Å². The number of nitrogens with zero attached hydrogens (tertiary/aromatic N) is 2. The highest BCUT2D eigenvalue weighted by atomic mass is 32.2. The first-order valence-corrected chi connectivity index (χ1v) is 13.0. The van der Waals surface area contributed by atoms with Crippen LogP contribution in [0.15, 0.2) is 53.4 Å². The Labute approximate surface area is 192 Å². The van der Waals surface area contributed by atoms with E-state index in [0.29, 0.717) is 24.7 Å². The Balaban J connectivity index is 1.71. The molecule has 3 rings (SSSR count). The summed E-state index contributed by atoms with van der Waals surface area (Å²) < 4.78 is 26.7. The predicted octanol–water partition coefficient (Wildman–Crippen LogP) is 4.73. The molecule has 0 aromatic heterocycles. The van der Waals surface area contributed by atoms with Crippen LogP contribution >= 0.6 is 0 Å². The molecule has 32 heavy (non-hydrogen) atoms. The SMILES string of the molecule is CCN(CC)S(=O)(=O)c1ccc(C(=O)Nc2ccccc2CN(C)C2CCCCC2)cc1. The molecule has 1 amide bonds. The second kappa shape index (κ2) is 11.1. The van der Waals surface area contributed by atoms with Crippen molar-refractivity contribution in [1.29, 1.82) is 0 Å². The van der Waals surface area contributed by atoms with Gasteiger partial charge in [0, 0.05) is 36.9 Å². The highest BCUT2D eigenvalue weighted by Gasteiger charge is 2.22. The van der Waals surface area contributed by atoms with Gasteiger partial charge in [0.2, 0.25) is 10.0 Å². The summed E-state index contributed by atoms with van der Waals surface area (Å²) in [6, 6.07) is 14.6. The molecule has 0 spiro atoms. The van der Waals surface area contributed by atoms with Gasteiger partial charge in [-0.3, -0.25) is 9.69 Å². The predicted molar refractivity (Wildman–Crippen MR) is 129 cm³/mol. The number of amides is 1. The van der Waals surface area contributed by atoms with Gasteiger partial charge < -0.3 is 5.32 Å². The lowest BCUT2D eigenvalue weighted by Crippen LogP contribution is -2.33. The van der Waals surface area contributed by atoms with Crippen molar-refractivity contribution in [3.05, 3.63) is 59.7 Å². The van der Waals surface area contributed by atoms with Gasteiger partial charge in [-0.15, -0.1) is 0 Å². The molecule has 0 unspecified atom stereocenters. The number of carbonyl (C=O) groups is 1. The van der Waals surface area contributed by atoms with Crippen LogP contribution in [0.2, 0.25) is 0 Å². The van der Waals surface area contributed by atoms with Crippen molar-refractivity contribution in [2.24, 2.45) is 0 Å². The summed E-state index contributed by atoms with van der Waals surface area (Å²) in [6.45, 7) is 5.22. The molecular weight excluding hydrogens is 422 g/mol. The molecule has 7 heteroatoms. The van der Waals surface area contributed by atoms with Gasteiger partial charge in [-0.05, 0) is 55.8 Å². The molecule has 0 aliphatic heterocycles. The molecule has 2 aromatic carbocycles. The molecule has 1 saturated carbocycles. The average molecular weight is 458 g/mol. The minimum Gasteiger partial charge on any atom is -0.322 e. The van der Waals surface area contributed by atoms with E-state index in [1.54, 1.807) is 12.1 Å². The number of carbonyl (C=O) groups excluding carboxylic acids is 1. The van der Waals surface area contributed by atoms with Crippen LogP contribution in [0, 0.1) is 0 Å². The van der Waals surface area contributed by atoms with E-state index in [9.17, 15) is 13.2 Å². The van der Waals surface area contributed by atoms with Gasteiger partial charge in [0.15, 0.2) is 0 Å². The van der Waals surface area contributed by atoms with Crippen molar-refractivity contribution < 1.29 is 13.2 Å². The van der Waals surface area contributed by atoms with Gasteiger partial charge in [-0.2, -0.15) is 4.31 Å². The molecule has 0 atom stereocenters. The first kappa shape index (κ1) is 24.4. The van der Waals surface area contributed by atoms with Crippen LogP contribution in [-0.4, -0.2) is 49.7 Å². The van der Waals surface area contributed by atoms with Gasteiger partial charge in [0.05, 0.1) is 4.90 Å². The summed E-state index contributed by atoms with van der Waals surface area (Å²) >= 11 is 0. The maximum absolute atomic E-state index is 12.9. The summed E-state index contributed by atoms with van der Waals surface area (Å²) in [5.41, 5.74) is 2.30. The standard InChI is InChI=1S/C25H35N3O3S/c1-4-28(5-2)32(30,31)23-17-15-20(16-18-23)25(29)26-24-14-10-9-11-21(24)19-27(3)22-12-7-6-8-13-22/h9-11,14-18,22H,4-8,12-13,19H2,1-3H3,(H,26,29). The van der Waals surface area contributed by atoms with E-state index in [0.717, 1.165) is 17.8 Å². The summed E-state index contributed by atoms with van der Waals surface area (Å²) in [7, 11) is -1.38. The van der Waals surface area contributed by atoms with E-state index in [4.69, 9.17) is 0 Å². The Morgan fingerprint density at radius 2 is 1.59 bits per heavy atom. The minimum absolute atomic E-state index is 0.201. The lowest BCUT2D eigenvalue weighted by atomic mass is 9.94. The third kappa shape index (κ3) is 5.77. The fourth-order valence-corrected chi connectivity index (χ4v) is 5.84. The van der Waals surface area contributed by atoms with Gasteiger partial charge in [-0.1, -0.05) is 51.3 Å². The zero-order valence-corrected chi connectivity index (χ0v) is 20.2. The van der Waals surface area contributed by atoms with E-state index >= 15 is 0 Å². The topological polar surface area (TPSA) is 69.7 Å². The number of anilines is 1. The lowest BCUT2D eigenvalue weighted by Gasteiger charge is -2.31. The quantitative estimate of drug-likeness (QED) is 0.591. The summed E-state index contributed by atoms with van der Waals surface area (Å²) in [4.78, 5) is 15.5. The molecular formula is C25H35N3O3S. The highest BCUT2D eigenvalue weighted by Crippen LogP contribution is 2.25. The van der Waals surface area contributed by atoms with Crippen LogP contribution in [0.3, 0.4) is 0 Å². The number of rotatable bonds is 9. The van der Waals surface area contributed by atoms with Gasteiger partial charge in [0.1, 0.15) is 0 Å². The van der Waals surface area contributed by atoms with Crippen LogP contribution in [0.5, 0.6) is 0 Å². The number of para-hydroxylation sites is 1. The largest absolute Gasteiger partial charge is 0.322 e. The van der Waals surface area contributed by atoms with Crippen molar-refractivity contribution in [2.45, 2.75) is 63.4 Å². The van der Waals surface area contributed by atoms with E-state index < -0.39 is 10.0 Å². The Bertz CT molecular complexity index is 995. The first-order chi connectivity index (χ1) is 15.4. The van der Waals surface area contributed by atoms with Crippen molar-refractivity contribution in [3.63, 3.8) is 0 Å². The molecule has 1 N–H and O–H groups in total. The minimum atomic E-state index is -3.54. The van der Waals surface area contributed by atoms with Crippen LogP contribution in [-0.2, 0) is 16.6 Å². The molecule has 6 nitrogen and oxygen atoms in total. The van der Waals surface area contributed by atoms with Crippen molar-refractivity contribution in [1.82, 2.24) is 9.21 Å². The maximum atomic E-state index is 12.9. The second-order valence-electron chi connectivity index (χ2n) is 8.43. The second-order valence-corrected chi connectivity index (χ2v) is 10.4. The maximum Gasteiger partial charge on any atom is 0.255 e. The Kier molecular flexibility index (Phi) is 8.45. The van der Waals surface area contributed by atoms with E-state index in [-0.39, 0.29) is 10.8 Å². The number of sulfonamides is 1. The number of benzene rings is 2. The zero-order valence-electron chi connectivity index (χ0n) is 19.4. The molecule has 1 fully saturated rings. The fourth-order valence-electron chi connectivity index (χ4n) is 4.39. The summed E-state index contributed by atoms with van der Waals surface area (Å²) in [6.07, 6.45) is 6.36. The molecule has 0 heterocycles. The van der Waals surface area contributed by atoms with Crippen LogP contribution < -0.4 is 5.32 Å². The molecule has 2 aromatic rings. The van der Waals surface area contributed by atoms with Crippen molar-refractivity contribution >= 4 is 21.6 Å². The molecule has 1 aliphatic rings. The number of nitrogens with one attached hydrogen (secondary N) is 1. The van der Waals surface area contributed by atoms with E-state index in [1.807, 2.05) is 32.0 Å². The van der Waals surface area contributed by atoms with Crippen molar-refractivity contribution in [3.8, 4) is 0 Å². The monoisotopic (exact) mass is 457 g/mol. The van der Waals surface area contributed by atoms with E-state index in [2.05, 4.69) is 23.3 Å². The molecule has 0 saturated heterocycles. The summed E-state index contributed by atoms with van der Waals surface area (Å²) in [5, 5.41) is 3.01.